The van der Waals surface area contributed by atoms with Gasteiger partial charge in [0.25, 0.3) is 0 Å². The molecule has 0 N–H and O–H groups in total. The van der Waals surface area contributed by atoms with Gasteiger partial charge in [0.1, 0.15) is 0 Å². The molecule has 0 aliphatic heterocycles. The van der Waals surface area contributed by atoms with Gasteiger partial charge in [-0.15, -0.1) is 0 Å². The van der Waals surface area contributed by atoms with Gasteiger partial charge in [-0.25, -0.2) is 0 Å². The van der Waals surface area contributed by atoms with Crippen LogP contribution in [0.25, 0.3) is 0 Å². The van der Waals surface area contributed by atoms with Gasteiger partial charge in [-0.2, -0.15) is 0 Å². The minimum absolute atomic E-state index is 0.100. The van der Waals surface area contributed by atoms with Crippen LogP contribution in [0.15, 0.2) is 30.3 Å². The Morgan fingerprint density at radius 1 is 0.872 bits per heavy atom. The van der Waals surface area contributed by atoms with Crippen LogP contribution in [0.5, 0.6) is 0 Å². The summed E-state index contributed by atoms with van der Waals surface area (Å²) in [5, 5.41) is 0.100. The summed E-state index contributed by atoms with van der Waals surface area (Å²) < 4.78 is 17.4. The second kappa shape index (κ2) is 16.2. The zero-order valence-corrected chi connectivity index (χ0v) is 31.6. The van der Waals surface area contributed by atoms with Crippen molar-refractivity contribution in [3.05, 3.63) is 35.9 Å². The van der Waals surface area contributed by atoms with Gasteiger partial charge in [0.05, 0.1) is 0 Å². The van der Waals surface area contributed by atoms with Crippen LogP contribution in [0.4, 0.5) is 4.79 Å². The van der Waals surface area contributed by atoms with Crippen LogP contribution >= 0.6 is 0 Å². The van der Waals surface area contributed by atoms with E-state index in [1.807, 2.05) is 20.8 Å². The topological polar surface area (TPSA) is 38.8 Å². The Hall–Kier alpha value is -0.534. The third-order valence-electron chi connectivity index (χ3n) is 8.92. The fourth-order valence-corrected chi connectivity index (χ4v) is 23.5. The molecule has 0 unspecified atom stereocenters. The van der Waals surface area contributed by atoms with Crippen LogP contribution < -0.4 is 0 Å². The Morgan fingerprint density at radius 2 is 1.33 bits per heavy atom. The first-order chi connectivity index (χ1) is 18.0. The van der Waals surface area contributed by atoms with Gasteiger partial charge < -0.3 is 0 Å². The van der Waals surface area contributed by atoms with Gasteiger partial charge in [0.15, 0.2) is 0 Å². The molecule has 0 saturated heterocycles. The zero-order chi connectivity index (χ0) is 29.9. The number of carbonyl (C=O) groups is 1. The van der Waals surface area contributed by atoms with Crippen LogP contribution in [-0.2, 0) is 9.16 Å². The summed E-state index contributed by atoms with van der Waals surface area (Å²) in [5.74, 6) is 0. The molecule has 1 aromatic rings. The molecule has 0 aliphatic rings. The Bertz CT molecular complexity index is 810. The van der Waals surface area contributed by atoms with Crippen molar-refractivity contribution in [3.63, 3.8) is 0 Å². The van der Waals surface area contributed by atoms with Crippen LogP contribution in [0.3, 0.4) is 0 Å². The summed E-state index contributed by atoms with van der Waals surface area (Å²) in [4.78, 5) is 16.5. The average molecular weight is 669 g/mol. The van der Waals surface area contributed by atoms with Crippen molar-refractivity contribution in [2.45, 2.75) is 155 Å². The normalized spacial score (nSPS) is 14.7. The third kappa shape index (κ3) is 11.3. The van der Waals surface area contributed by atoms with Gasteiger partial charge in [-0.3, -0.25) is 0 Å². The van der Waals surface area contributed by atoms with E-state index in [-0.39, 0.29) is 21.2 Å². The minimum atomic E-state index is -2.88. The van der Waals surface area contributed by atoms with Gasteiger partial charge >= 0.3 is 249 Å². The summed E-state index contributed by atoms with van der Waals surface area (Å²) in [6.45, 7) is 27.3. The quantitative estimate of drug-likeness (QED) is 0.165. The van der Waals surface area contributed by atoms with Crippen LogP contribution in [-0.4, -0.2) is 54.0 Å². The first kappa shape index (κ1) is 36.5. The molecule has 1 amide bonds. The average Bonchev–Trinajstić information content (AvgIpc) is 2.84. The maximum atomic E-state index is 14.3. The second-order valence-corrected chi connectivity index (χ2v) is 33.5. The van der Waals surface area contributed by atoms with E-state index in [0.717, 1.165) is 5.56 Å². The molecule has 1 aromatic carbocycles. The monoisotopic (exact) mass is 669 g/mol. The van der Waals surface area contributed by atoms with E-state index in [2.05, 4.69) is 96.8 Å². The molecular weight excluding hydrogens is 605 g/mol. The van der Waals surface area contributed by atoms with Gasteiger partial charge in [-0.1, -0.05) is 0 Å². The predicted octanol–water partition coefficient (Wildman–Crippen LogP) is 10.8. The summed E-state index contributed by atoms with van der Waals surface area (Å²) in [5.41, 5.74) is 0.598. The SMILES string of the molecule is CCC[CH2][Sn]([CH2]CCC)([CH2]CCC)[C@H](C)N(C(=O)OC(C)(C)C)[C@H](CO[Si](C)(C)C(C)(C)C)c1ccccc1. The molecule has 0 saturated carbocycles. The summed E-state index contributed by atoms with van der Waals surface area (Å²) in [6.07, 6.45) is 7.28. The summed E-state index contributed by atoms with van der Waals surface area (Å²) >= 11 is -2.88. The molecule has 4 nitrogen and oxygen atoms in total. The second-order valence-electron chi connectivity index (χ2n) is 14.2. The van der Waals surface area contributed by atoms with Crippen LogP contribution in [0, 0.1) is 0 Å². The first-order valence-electron chi connectivity index (χ1n) is 15.8. The molecule has 0 radical (unpaired) electrons. The van der Waals surface area contributed by atoms with E-state index in [1.165, 1.54) is 51.8 Å². The fraction of sp³-hybridized carbons (Fsp3) is 0.788. The molecular formula is C33H63NO3SiSn. The van der Waals surface area contributed by atoms with E-state index >= 15 is 0 Å². The van der Waals surface area contributed by atoms with Crippen molar-refractivity contribution < 1.29 is 14.0 Å². The van der Waals surface area contributed by atoms with Crippen molar-refractivity contribution in [1.29, 1.82) is 0 Å². The number of hydrogen-bond donors (Lipinski definition) is 0. The van der Waals surface area contributed by atoms with Gasteiger partial charge in [-0.05, 0) is 0 Å². The zero-order valence-electron chi connectivity index (χ0n) is 27.8. The van der Waals surface area contributed by atoms with E-state index < -0.39 is 32.3 Å². The van der Waals surface area contributed by atoms with E-state index in [0.29, 0.717) is 6.61 Å². The molecule has 0 aromatic heterocycles. The van der Waals surface area contributed by atoms with Gasteiger partial charge in [0.2, 0.25) is 0 Å². The maximum absolute atomic E-state index is 14.3. The molecule has 2 atom stereocenters. The Labute approximate surface area is 248 Å². The predicted molar refractivity (Wildman–Crippen MR) is 175 cm³/mol. The van der Waals surface area contributed by atoms with Crippen molar-refractivity contribution in [2.75, 3.05) is 6.61 Å². The van der Waals surface area contributed by atoms with Crippen molar-refractivity contribution in [2.24, 2.45) is 0 Å². The van der Waals surface area contributed by atoms with E-state index in [9.17, 15) is 4.79 Å². The number of carbonyl (C=O) groups excluding carboxylic acids is 1. The number of ether oxygens (including phenoxy) is 1. The Kier molecular flexibility index (Phi) is 15.2. The summed E-state index contributed by atoms with van der Waals surface area (Å²) in [6, 6.07) is 10.4. The van der Waals surface area contributed by atoms with E-state index in [1.54, 1.807) is 0 Å². The Morgan fingerprint density at radius 3 is 1.72 bits per heavy atom. The molecule has 0 heterocycles. The molecule has 6 heteroatoms. The number of unbranched alkanes of at least 4 members (excludes halogenated alkanes) is 3. The molecule has 0 fully saturated rings. The van der Waals surface area contributed by atoms with Crippen LogP contribution in [0.2, 0.25) is 31.4 Å². The van der Waals surface area contributed by atoms with Crippen molar-refractivity contribution >= 4 is 32.8 Å². The Balaban J connectivity index is 3.76. The van der Waals surface area contributed by atoms with Gasteiger partial charge in [0, 0.05) is 0 Å². The van der Waals surface area contributed by atoms with Crippen molar-refractivity contribution in [3.8, 4) is 0 Å². The molecule has 0 spiro atoms. The van der Waals surface area contributed by atoms with E-state index in [4.69, 9.17) is 9.16 Å². The van der Waals surface area contributed by atoms with Crippen LogP contribution in [0.1, 0.15) is 119 Å². The molecule has 39 heavy (non-hydrogen) atoms. The molecule has 0 aliphatic carbocycles. The third-order valence-corrected chi connectivity index (χ3v) is 30.8. The molecule has 0 bridgehead atoms. The number of benzene rings is 1. The number of amides is 1. The number of nitrogens with zero attached hydrogens (tertiary/aromatic N) is 1. The first-order valence-corrected chi connectivity index (χ1v) is 26.4. The fourth-order valence-electron chi connectivity index (χ4n) is 5.27. The molecule has 226 valence electrons. The van der Waals surface area contributed by atoms with Crippen molar-refractivity contribution in [1.82, 2.24) is 4.90 Å². The number of rotatable bonds is 16. The standard InChI is InChI=1S/C21H36NO3Si.3C4H9.Sn/c1-10-22(19(23)25-20(2,3)4)18(17-14-12-11-13-15-17)16-24-26(8,9)21(5,6)7;3*1-3-4-2;/h10-15,18H,16H2,1-9H3;3*1,3-4H2,2H3;/t18-;;;;/m1..../s1. The number of hydrogen-bond acceptors (Lipinski definition) is 3. The summed E-state index contributed by atoms with van der Waals surface area (Å²) in [7, 11) is -2.03. The molecule has 1 rings (SSSR count).